The Balaban J connectivity index is 0.000000198. The molecule has 0 aliphatic carbocycles. The molecule has 0 atom stereocenters. The summed E-state index contributed by atoms with van der Waals surface area (Å²) >= 11 is 21.0. The first-order valence-electron chi connectivity index (χ1n) is 10.6. The van der Waals surface area contributed by atoms with Gasteiger partial charge in [0.2, 0.25) is 0 Å². The van der Waals surface area contributed by atoms with Crippen LogP contribution in [0, 0.1) is 0 Å². The molecule has 0 radical (unpaired) electrons. The average molecular weight is 608 g/mol. The van der Waals surface area contributed by atoms with Crippen LogP contribution in [0.3, 0.4) is 0 Å². The molecule has 0 aliphatic rings. The number of ketones is 1. The Labute approximate surface area is 242 Å². The van der Waals surface area contributed by atoms with Crippen molar-refractivity contribution >= 4 is 75.1 Å². The quantitative estimate of drug-likeness (QED) is 0.0546. The second kappa shape index (κ2) is 14.4. The molecule has 0 unspecified atom stereocenters. The van der Waals surface area contributed by atoms with Crippen LogP contribution in [0.2, 0.25) is 15.2 Å². The van der Waals surface area contributed by atoms with Crippen LogP contribution in [0.25, 0.3) is 22.3 Å². The highest BCUT2D eigenvalue weighted by molar-refractivity contribution is 7.98. The summed E-state index contributed by atoms with van der Waals surface area (Å²) < 4.78 is 0. The smallest absolute Gasteiger partial charge is 0.199 e. The largest absolute Gasteiger partial charge is 0.288 e. The molecule has 2 aromatic carbocycles. The van der Waals surface area contributed by atoms with E-state index in [-0.39, 0.29) is 16.5 Å². The molecular weight excluding hydrogens is 587 g/mol. The summed E-state index contributed by atoms with van der Waals surface area (Å²) in [6, 6.07) is 14.4. The molecule has 3 aromatic heterocycles. The van der Waals surface area contributed by atoms with Crippen molar-refractivity contribution < 1.29 is 4.79 Å². The molecule has 0 saturated carbocycles. The summed E-state index contributed by atoms with van der Waals surface area (Å²) in [5.41, 5.74) is 3.05. The van der Waals surface area contributed by atoms with Crippen LogP contribution in [0.5, 0.6) is 0 Å². The van der Waals surface area contributed by atoms with Gasteiger partial charge in [-0.25, -0.2) is 19.9 Å². The summed E-state index contributed by atoms with van der Waals surface area (Å²) in [6.45, 7) is 0. The minimum Gasteiger partial charge on any atom is -0.288 e. The van der Waals surface area contributed by atoms with Crippen LogP contribution >= 0.6 is 58.3 Å². The van der Waals surface area contributed by atoms with Gasteiger partial charge >= 0.3 is 0 Å². The highest BCUT2D eigenvalue weighted by atomic mass is 35.5. The SMILES string of the molecule is CSc1ncc(C(=O)c2ccccc2Cl)c(Cl)n1.CSc1ncc2c(-c3ccccc3Cl)[nH]nc2n1.NN. The summed E-state index contributed by atoms with van der Waals surface area (Å²) in [4.78, 5) is 28.9. The number of nitrogens with one attached hydrogen (secondary N) is 1. The van der Waals surface area contributed by atoms with Gasteiger partial charge in [-0.05, 0) is 30.7 Å². The summed E-state index contributed by atoms with van der Waals surface area (Å²) in [7, 11) is 0. The van der Waals surface area contributed by atoms with E-state index in [9.17, 15) is 4.79 Å². The van der Waals surface area contributed by atoms with Crippen molar-refractivity contribution in [2.45, 2.75) is 10.3 Å². The number of carbonyl (C=O) groups excluding carboxylic acids is 1. The first kappa shape index (κ1) is 29.8. The number of benzene rings is 2. The number of hydrazine groups is 1. The predicted molar refractivity (Wildman–Crippen MR) is 156 cm³/mol. The number of thioether (sulfide) groups is 2. The molecule has 9 nitrogen and oxygen atoms in total. The van der Waals surface area contributed by atoms with E-state index >= 15 is 0 Å². The molecule has 14 heteroatoms. The molecule has 0 bridgehead atoms. The molecule has 3 heterocycles. The Hall–Kier alpha value is -2.77. The lowest BCUT2D eigenvalue weighted by atomic mass is 10.1. The van der Waals surface area contributed by atoms with Crippen LogP contribution in [-0.2, 0) is 0 Å². The molecular formula is C24H21Cl3N8OS2. The van der Waals surface area contributed by atoms with Crippen molar-refractivity contribution in [3.8, 4) is 11.3 Å². The van der Waals surface area contributed by atoms with E-state index < -0.39 is 0 Å². The van der Waals surface area contributed by atoms with Crippen LogP contribution in [0.4, 0.5) is 0 Å². The Morgan fingerprint density at radius 1 is 0.816 bits per heavy atom. The second-order valence-corrected chi connectivity index (χ2v) is 9.76. The second-order valence-electron chi connectivity index (χ2n) is 7.04. The number of aromatic amines is 1. The lowest BCUT2D eigenvalue weighted by Gasteiger charge is -2.05. The van der Waals surface area contributed by atoms with Gasteiger partial charge in [-0.15, -0.1) is 0 Å². The Morgan fingerprint density at radius 3 is 2.05 bits per heavy atom. The van der Waals surface area contributed by atoms with Gasteiger partial charge in [-0.3, -0.25) is 21.6 Å². The first-order chi connectivity index (χ1) is 18.4. The highest BCUT2D eigenvalue weighted by Gasteiger charge is 2.17. The number of hydrogen-bond acceptors (Lipinski definition) is 10. The van der Waals surface area contributed by atoms with Crippen molar-refractivity contribution in [3.63, 3.8) is 0 Å². The zero-order chi connectivity index (χ0) is 27.7. The van der Waals surface area contributed by atoms with Gasteiger partial charge in [0.25, 0.3) is 0 Å². The number of fused-ring (bicyclic) bond motifs is 1. The molecule has 0 spiro atoms. The molecule has 0 amide bonds. The number of rotatable bonds is 5. The number of aromatic nitrogens is 6. The topological polar surface area (TPSA) is 149 Å². The maximum absolute atomic E-state index is 12.2. The zero-order valence-electron chi connectivity index (χ0n) is 20.0. The number of halogens is 3. The monoisotopic (exact) mass is 606 g/mol. The molecule has 0 aliphatic heterocycles. The van der Waals surface area contributed by atoms with E-state index in [0.717, 1.165) is 16.6 Å². The van der Waals surface area contributed by atoms with Gasteiger partial charge in [-0.2, -0.15) is 5.10 Å². The zero-order valence-corrected chi connectivity index (χ0v) is 23.9. The molecule has 0 saturated heterocycles. The fourth-order valence-electron chi connectivity index (χ4n) is 3.14. The third-order valence-electron chi connectivity index (χ3n) is 4.88. The van der Waals surface area contributed by atoms with Gasteiger partial charge in [0, 0.05) is 28.5 Å². The summed E-state index contributed by atoms with van der Waals surface area (Å²) in [5, 5.41) is 10.5. The Kier molecular flexibility index (Phi) is 11.3. The fourth-order valence-corrected chi connectivity index (χ4v) is 4.54. The van der Waals surface area contributed by atoms with Gasteiger partial charge < -0.3 is 0 Å². The van der Waals surface area contributed by atoms with Crippen molar-refractivity contribution in [2.24, 2.45) is 11.7 Å². The van der Waals surface area contributed by atoms with E-state index in [1.165, 1.54) is 29.7 Å². The highest BCUT2D eigenvalue weighted by Crippen LogP contribution is 2.31. The van der Waals surface area contributed by atoms with Crippen LogP contribution in [-0.4, -0.2) is 48.4 Å². The molecule has 5 N–H and O–H groups in total. The Bertz CT molecular complexity index is 1550. The minimum atomic E-state index is -0.279. The molecule has 196 valence electrons. The molecule has 5 rings (SSSR count). The molecule has 38 heavy (non-hydrogen) atoms. The third kappa shape index (κ3) is 7.00. The minimum absolute atomic E-state index is 0.138. The van der Waals surface area contributed by atoms with Gasteiger partial charge in [-0.1, -0.05) is 88.7 Å². The van der Waals surface area contributed by atoms with Gasteiger partial charge in [0.1, 0.15) is 5.15 Å². The molecule has 5 aromatic rings. The van der Waals surface area contributed by atoms with Crippen molar-refractivity contribution in [3.05, 3.63) is 87.2 Å². The maximum atomic E-state index is 12.2. The van der Waals surface area contributed by atoms with E-state index in [2.05, 4.69) is 41.8 Å². The summed E-state index contributed by atoms with van der Waals surface area (Å²) in [5.74, 6) is 7.72. The van der Waals surface area contributed by atoms with E-state index in [0.29, 0.717) is 31.6 Å². The Morgan fingerprint density at radius 2 is 1.42 bits per heavy atom. The van der Waals surface area contributed by atoms with Crippen molar-refractivity contribution in [1.82, 2.24) is 30.1 Å². The van der Waals surface area contributed by atoms with Crippen LogP contribution < -0.4 is 11.7 Å². The van der Waals surface area contributed by atoms with E-state index in [1.807, 2.05) is 36.8 Å². The first-order valence-corrected chi connectivity index (χ1v) is 14.2. The average Bonchev–Trinajstić information content (AvgIpc) is 3.37. The van der Waals surface area contributed by atoms with E-state index in [4.69, 9.17) is 34.8 Å². The number of hydrogen-bond donors (Lipinski definition) is 3. The van der Waals surface area contributed by atoms with Crippen molar-refractivity contribution in [1.29, 1.82) is 0 Å². The van der Waals surface area contributed by atoms with Crippen LogP contribution in [0.15, 0.2) is 71.2 Å². The molecule has 0 fully saturated rings. The predicted octanol–water partition coefficient (Wildman–Crippen LogP) is 5.95. The lowest BCUT2D eigenvalue weighted by molar-refractivity contribution is 0.103. The number of nitrogens with zero attached hydrogens (tertiary/aromatic N) is 5. The third-order valence-corrected chi connectivity index (χ3v) is 6.95. The fraction of sp³-hybridized carbons (Fsp3) is 0.0833. The standard InChI is InChI=1S/C12H8Cl2N2OS.C12H9ClN4S.H4N2/c1-18-12-15-6-8(11(14)16-12)10(17)7-4-2-3-5-9(7)13;1-18-12-14-6-8-10(16-17-11(8)15-12)7-4-2-3-5-9(7)13;1-2/h2-6H,1H3;2-6H,1H3,(H,14,15,16,17);1-2H2. The van der Waals surface area contributed by atoms with Gasteiger partial charge in [0.05, 0.1) is 21.7 Å². The lowest BCUT2D eigenvalue weighted by Crippen LogP contribution is -2.05. The van der Waals surface area contributed by atoms with Gasteiger partial charge in [0.15, 0.2) is 21.7 Å². The van der Waals surface area contributed by atoms with Crippen molar-refractivity contribution in [2.75, 3.05) is 12.5 Å². The van der Waals surface area contributed by atoms with Crippen LogP contribution in [0.1, 0.15) is 15.9 Å². The maximum Gasteiger partial charge on any atom is 0.199 e. The van der Waals surface area contributed by atoms with E-state index in [1.54, 1.807) is 30.5 Å². The number of H-pyrrole nitrogens is 1. The normalized spacial score (nSPS) is 10.3. The number of nitrogens with two attached hydrogens (primary N) is 2. The summed E-state index contributed by atoms with van der Waals surface area (Å²) in [6.07, 6.45) is 6.97. The number of carbonyl (C=O) groups is 1.